The number of nitrogens with one attached hydrogen (secondary N) is 3. The van der Waals surface area contributed by atoms with E-state index in [1.54, 1.807) is 14.0 Å². The Labute approximate surface area is 221 Å². The molecule has 0 saturated carbocycles. The van der Waals surface area contributed by atoms with Crippen molar-refractivity contribution < 1.29 is 14.4 Å². The monoisotopic (exact) mass is 506 g/mol. The molecule has 37 heavy (non-hydrogen) atoms. The number of nitrogens with zero attached hydrogens (tertiary/aromatic N) is 1. The second-order valence-electron chi connectivity index (χ2n) is 10.1. The van der Waals surface area contributed by atoms with Crippen LogP contribution in [0.1, 0.15) is 50.3 Å². The summed E-state index contributed by atoms with van der Waals surface area (Å²) in [6, 6.07) is 16.1. The van der Waals surface area contributed by atoms with Crippen molar-refractivity contribution in [1.29, 1.82) is 0 Å². The summed E-state index contributed by atoms with van der Waals surface area (Å²) < 4.78 is 0. The van der Waals surface area contributed by atoms with Crippen molar-refractivity contribution >= 4 is 17.7 Å². The van der Waals surface area contributed by atoms with Crippen LogP contribution in [-0.4, -0.2) is 60.9 Å². The molecule has 0 aromatic heterocycles. The maximum atomic E-state index is 13.5. The minimum Gasteiger partial charge on any atom is -0.354 e. The number of aryl methyl sites for hydroxylation is 1. The van der Waals surface area contributed by atoms with E-state index < -0.39 is 12.1 Å². The van der Waals surface area contributed by atoms with Gasteiger partial charge in [-0.25, -0.2) is 0 Å². The molecule has 3 N–H and O–H groups in total. The van der Waals surface area contributed by atoms with Crippen molar-refractivity contribution in [3.05, 3.63) is 71.3 Å². The highest BCUT2D eigenvalue weighted by atomic mass is 16.2. The molecule has 2 aromatic rings. The largest absolute Gasteiger partial charge is 0.354 e. The van der Waals surface area contributed by atoms with Gasteiger partial charge in [-0.2, -0.15) is 0 Å². The number of carbonyl (C=O) groups is 3. The van der Waals surface area contributed by atoms with Gasteiger partial charge in [0, 0.05) is 20.0 Å². The molecule has 0 saturated heterocycles. The van der Waals surface area contributed by atoms with Crippen LogP contribution in [0.5, 0.6) is 0 Å². The Kier molecular flexibility index (Phi) is 10.7. The lowest BCUT2D eigenvalue weighted by molar-refractivity contribution is -0.141. The molecule has 1 heterocycles. The highest BCUT2D eigenvalue weighted by Crippen LogP contribution is 2.15. The number of hydrogen-bond donors (Lipinski definition) is 3. The first-order valence-electron chi connectivity index (χ1n) is 13.5. The zero-order chi connectivity index (χ0) is 26.8. The molecule has 4 atom stereocenters. The van der Waals surface area contributed by atoms with Crippen LogP contribution in [0.4, 0.5) is 0 Å². The molecule has 0 aliphatic carbocycles. The summed E-state index contributed by atoms with van der Waals surface area (Å²) in [6.07, 6.45) is 3.72. The van der Waals surface area contributed by atoms with Crippen LogP contribution >= 0.6 is 0 Å². The maximum absolute atomic E-state index is 13.5. The van der Waals surface area contributed by atoms with Crippen molar-refractivity contribution in [2.24, 2.45) is 5.92 Å². The van der Waals surface area contributed by atoms with E-state index in [-0.39, 0.29) is 29.7 Å². The zero-order valence-electron chi connectivity index (χ0n) is 22.6. The van der Waals surface area contributed by atoms with E-state index in [2.05, 4.69) is 41.9 Å². The van der Waals surface area contributed by atoms with Crippen LogP contribution in [0, 0.1) is 5.92 Å². The fourth-order valence-electron chi connectivity index (χ4n) is 4.73. The Hall–Kier alpha value is -3.19. The molecule has 3 rings (SSSR count). The quantitative estimate of drug-likeness (QED) is 0.595. The highest BCUT2D eigenvalue weighted by Gasteiger charge is 2.32. The number of hydrogen-bond acceptors (Lipinski definition) is 4. The molecule has 0 radical (unpaired) electrons. The average Bonchev–Trinajstić information content (AvgIpc) is 2.91. The summed E-state index contributed by atoms with van der Waals surface area (Å²) in [5.74, 6) is -0.550. The van der Waals surface area contributed by atoms with Crippen LogP contribution in [-0.2, 0) is 33.6 Å². The number of likely N-dealkylation sites (N-methyl/N-ethyl adjacent to an activating group) is 1. The van der Waals surface area contributed by atoms with E-state index >= 15 is 0 Å². The van der Waals surface area contributed by atoms with Crippen molar-refractivity contribution in [3.8, 4) is 0 Å². The fraction of sp³-hybridized carbons (Fsp3) is 0.500. The third-order valence-corrected chi connectivity index (χ3v) is 7.50. The van der Waals surface area contributed by atoms with Crippen LogP contribution in [0.15, 0.2) is 54.6 Å². The lowest BCUT2D eigenvalue weighted by Gasteiger charge is -2.32. The SMILES string of the molecule is CC[C@H](C)[C@@H]1NCCCc2ccccc2CCNC(=O)[C@@H](Cc2ccccc2)NC(=O)[C@@H](C)N(C)C1=O. The first-order chi connectivity index (χ1) is 17.8. The molecular formula is C30H42N4O3. The number of carbonyl (C=O) groups excluding carboxylic acids is 3. The van der Waals surface area contributed by atoms with Crippen LogP contribution in [0.2, 0.25) is 0 Å². The Balaban J connectivity index is 1.87. The van der Waals surface area contributed by atoms with Gasteiger partial charge in [0.15, 0.2) is 0 Å². The molecule has 3 amide bonds. The van der Waals surface area contributed by atoms with Crippen LogP contribution < -0.4 is 16.0 Å². The smallest absolute Gasteiger partial charge is 0.243 e. The Morgan fingerprint density at radius 1 is 0.919 bits per heavy atom. The number of benzene rings is 2. The second-order valence-corrected chi connectivity index (χ2v) is 10.1. The van der Waals surface area contributed by atoms with Gasteiger partial charge >= 0.3 is 0 Å². The number of fused-ring (bicyclic) bond motifs is 1. The molecular weight excluding hydrogens is 464 g/mol. The van der Waals surface area contributed by atoms with E-state index in [9.17, 15) is 14.4 Å². The van der Waals surface area contributed by atoms with Gasteiger partial charge in [0.2, 0.25) is 17.7 Å². The van der Waals surface area contributed by atoms with E-state index in [1.165, 1.54) is 16.0 Å². The second kappa shape index (κ2) is 13.9. The first-order valence-corrected chi connectivity index (χ1v) is 13.5. The number of amides is 3. The third kappa shape index (κ3) is 7.89. The summed E-state index contributed by atoms with van der Waals surface area (Å²) in [5.41, 5.74) is 3.42. The van der Waals surface area contributed by atoms with E-state index in [4.69, 9.17) is 0 Å². The minimum absolute atomic E-state index is 0.106. The molecule has 1 aliphatic heterocycles. The van der Waals surface area contributed by atoms with Gasteiger partial charge in [0.1, 0.15) is 12.1 Å². The van der Waals surface area contributed by atoms with Gasteiger partial charge in [0.05, 0.1) is 6.04 Å². The van der Waals surface area contributed by atoms with Crippen LogP contribution in [0.3, 0.4) is 0 Å². The predicted octanol–water partition coefficient (Wildman–Crippen LogP) is 2.87. The zero-order valence-corrected chi connectivity index (χ0v) is 22.6. The molecule has 0 fully saturated rings. The van der Waals surface area contributed by atoms with Crippen molar-refractivity contribution in [1.82, 2.24) is 20.9 Å². The molecule has 2 aromatic carbocycles. The normalized spacial score (nSPS) is 23.4. The van der Waals surface area contributed by atoms with E-state index in [0.717, 1.165) is 24.8 Å². The van der Waals surface area contributed by atoms with Gasteiger partial charge in [-0.1, -0.05) is 74.9 Å². The fourth-order valence-corrected chi connectivity index (χ4v) is 4.73. The summed E-state index contributed by atoms with van der Waals surface area (Å²) >= 11 is 0. The van der Waals surface area contributed by atoms with Crippen LogP contribution in [0.25, 0.3) is 0 Å². The van der Waals surface area contributed by atoms with Gasteiger partial charge in [0.25, 0.3) is 0 Å². The standard InChI is InChI=1S/C30H42N4O3/c1-5-21(2)27-30(37)34(4)22(3)28(35)33-26(20-23-12-7-6-8-13-23)29(36)32-19-17-25-15-10-9-14-24(25)16-11-18-31-27/h6-10,12-15,21-22,26-27,31H,5,11,16-20H2,1-4H3,(H,32,36)(H,33,35)/t21-,22+,26+,27-/m0/s1. The average molecular weight is 507 g/mol. The van der Waals surface area contributed by atoms with Crippen molar-refractivity contribution in [2.75, 3.05) is 20.1 Å². The minimum atomic E-state index is -0.740. The molecule has 0 unspecified atom stereocenters. The molecule has 0 bridgehead atoms. The maximum Gasteiger partial charge on any atom is 0.243 e. The molecule has 7 nitrogen and oxygen atoms in total. The molecule has 1 aliphatic rings. The Morgan fingerprint density at radius 2 is 1.57 bits per heavy atom. The lowest BCUT2D eigenvalue weighted by Crippen LogP contribution is -2.57. The predicted molar refractivity (Wildman–Crippen MR) is 147 cm³/mol. The van der Waals surface area contributed by atoms with E-state index in [1.807, 2.05) is 42.5 Å². The number of rotatable bonds is 4. The van der Waals surface area contributed by atoms with E-state index in [0.29, 0.717) is 25.9 Å². The van der Waals surface area contributed by atoms with Gasteiger partial charge in [-0.05, 0) is 55.3 Å². The summed E-state index contributed by atoms with van der Waals surface area (Å²) in [6.45, 7) is 7.04. The van der Waals surface area contributed by atoms with Crippen molar-refractivity contribution in [2.45, 2.75) is 71.0 Å². The lowest BCUT2D eigenvalue weighted by atomic mass is 9.96. The summed E-state index contributed by atoms with van der Waals surface area (Å²) in [7, 11) is 1.67. The van der Waals surface area contributed by atoms with Gasteiger partial charge in [-0.3, -0.25) is 14.4 Å². The Bertz CT molecular complexity index is 1040. The molecule has 0 spiro atoms. The first kappa shape index (κ1) is 28.4. The molecule has 200 valence electrons. The summed E-state index contributed by atoms with van der Waals surface area (Å²) in [5, 5.41) is 9.42. The topological polar surface area (TPSA) is 90.5 Å². The third-order valence-electron chi connectivity index (χ3n) is 7.50. The summed E-state index contributed by atoms with van der Waals surface area (Å²) in [4.78, 5) is 41.5. The Morgan fingerprint density at radius 3 is 2.24 bits per heavy atom. The molecule has 7 heteroatoms. The van der Waals surface area contributed by atoms with Crippen molar-refractivity contribution in [3.63, 3.8) is 0 Å². The van der Waals surface area contributed by atoms with Gasteiger partial charge in [-0.15, -0.1) is 0 Å². The van der Waals surface area contributed by atoms with Gasteiger partial charge < -0.3 is 20.9 Å². The highest BCUT2D eigenvalue weighted by molar-refractivity contribution is 5.93.